The minimum Gasteiger partial charge on any atom is -0.384 e. The lowest BCUT2D eigenvalue weighted by atomic mass is 10.0. The van der Waals surface area contributed by atoms with Crippen LogP contribution in [0.2, 0.25) is 0 Å². The molecule has 1 heterocycles. The van der Waals surface area contributed by atoms with Crippen LogP contribution in [0.4, 0.5) is 18.9 Å². The normalized spacial score (nSPS) is 20.2. The van der Waals surface area contributed by atoms with Crippen LogP contribution in [0.3, 0.4) is 0 Å². The van der Waals surface area contributed by atoms with Crippen LogP contribution < -0.4 is 10.6 Å². The van der Waals surface area contributed by atoms with Crippen LogP contribution in [0, 0.1) is 5.41 Å². The van der Waals surface area contributed by atoms with Gasteiger partial charge in [0.15, 0.2) is 0 Å². The molecule has 0 spiro atoms. The Labute approximate surface area is 121 Å². The highest BCUT2D eigenvalue weighted by atomic mass is 19.4. The van der Waals surface area contributed by atoms with Crippen LogP contribution in [0.1, 0.15) is 24.5 Å². The first-order valence-corrected chi connectivity index (χ1v) is 6.71. The number of ether oxygens (including phenoxy) is 1. The van der Waals surface area contributed by atoms with Gasteiger partial charge in [-0.3, -0.25) is 5.41 Å². The molecule has 0 aliphatic carbocycles. The maximum Gasteiger partial charge on any atom is 0.417 e. The molecule has 1 aliphatic heterocycles. The van der Waals surface area contributed by atoms with Crippen molar-refractivity contribution in [1.82, 2.24) is 0 Å². The summed E-state index contributed by atoms with van der Waals surface area (Å²) in [4.78, 5) is 1.87. The summed E-state index contributed by atoms with van der Waals surface area (Å²) in [5.41, 5.74) is 4.56. The van der Waals surface area contributed by atoms with Gasteiger partial charge < -0.3 is 15.4 Å². The number of nitrogen functional groups attached to an aromatic ring is 1. The van der Waals surface area contributed by atoms with Gasteiger partial charge in [-0.15, -0.1) is 0 Å². The summed E-state index contributed by atoms with van der Waals surface area (Å²) in [5.74, 6) is -0.582. The van der Waals surface area contributed by atoms with Crippen LogP contribution in [-0.4, -0.2) is 31.6 Å². The topological polar surface area (TPSA) is 62.3 Å². The Morgan fingerprint density at radius 2 is 2.14 bits per heavy atom. The van der Waals surface area contributed by atoms with Crippen LogP contribution in [-0.2, 0) is 10.9 Å². The number of nitrogens with zero attached hydrogens (tertiary/aromatic N) is 1. The number of benzene rings is 1. The van der Waals surface area contributed by atoms with E-state index in [1.807, 2.05) is 11.8 Å². The molecule has 1 unspecified atom stereocenters. The first kappa shape index (κ1) is 15.6. The van der Waals surface area contributed by atoms with E-state index in [1.165, 1.54) is 6.07 Å². The van der Waals surface area contributed by atoms with Gasteiger partial charge in [-0.2, -0.15) is 13.2 Å². The fourth-order valence-corrected chi connectivity index (χ4v) is 2.43. The number of alkyl halides is 3. The van der Waals surface area contributed by atoms with Crippen LogP contribution in [0.25, 0.3) is 0 Å². The largest absolute Gasteiger partial charge is 0.417 e. The highest BCUT2D eigenvalue weighted by molar-refractivity contribution is 5.97. The Morgan fingerprint density at radius 1 is 1.43 bits per heavy atom. The molecule has 1 aromatic carbocycles. The van der Waals surface area contributed by atoms with Crippen molar-refractivity contribution >= 4 is 11.5 Å². The summed E-state index contributed by atoms with van der Waals surface area (Å²) >= 11 is 0. The zero-order valence-corrected chi connectivity index (χ0v) is 11.7. The van der Waals surface area contributed by atoms with E-state index in [-0.39, 0.29) is 11.7 Å². The number of rotatable bonds is 2. The van der Waals surface area contributed by atoms with Gasteiger partial charge in [-0.25, -0.2) is 0 Å². The third-order valence-corrected chi connectivity index (χ3v) is 3.42. The molecule has 1 fully saturated rings. The molecule has 4 nitrogen and oxygen atoms in total. The maximum atomic E-state index is 13.1. The second kappa shape index (κ2) is 5.93. The van der Waals surface area contributed by atoms with E-state index in [9.17, 15) is 13.2 Å². The Balaban J connectivity index is 2.39. The Bertz CT molecular complexity index is 531. The molecular weight excluding hydrogens is 283 g/mol. The number of nitrogens with two attached hydrogens (primary N) is 1. The van der Waals surface area contributed by atoms with Crippen molar-refractivity contribution in [3.05, 3.63) is 29.3 Å². The molecule has 3 N–H and O–H groups in total. The first-order chi connectivity index (χ1) is 9.79. The third kappa shape index (κ3) is 3.66. The average molecular weight is 301 g/mol. The average Bonchev–Trinajstić information content (AvgIpc) is 2.61. The van der Waals surface area contributed by atoms with Crippen LogP contribution in [0.5, 0.6) is 0 Å². The zero-order valence-electron chi connectivity index (χ0n) is 11.7. The van der Waals surface area contributed by atoms with Gasteiger partial charge in [0.2, 0.25) is 0 Å². The van der Waals surface area contributed by atoms with E-state index < -0.39 is 17.6 Å². The summed E-state index contributed by atoms with van der Waals surface area (Å²) in [6.07, 6.45) is -3.81. The minimum atomic E-state index is -4.54. The van der Waals surface area contributed by atoms with E-state index in [2.05, 4.69) is 0 Å². The predicted molar refractivity (Wildman–Crippen MR) is 74.7 cm³/mol. The second-order valence-electron chi connectivity index (χ2n) is 5.12. The fourth-order valence-electron chi connectivity index (χ4n) is 2.43. The van der Waals surface area contributed by atoms with E-state index >= 15 is 0 Å². The number of nitrogens with one attached hydrogen (secondary N) is 1. The predicted octanol–water partition coefficient (Wildman–Crippen LogP) is 2.60. The Hall–Kier alpha value is -1.76. The van der Waals surface area contributed by atoms with Crippen molar-refractivity contribution in [3.63, 3.8) is 0 Å². The molecule has 0 aromatic heterocycles. The van der Waals surface area contributed by atoms with Crippen molar-refractivity contribution in [3.8, 4) is 0 Å². The summed E-state index contributed by atoms with van der Waals surface area (Å²) in [6.45, 7) is 3.68. The van der Waals surface area contributed by atoms with Gasteiger partial charge in [0.25, 0.3) is 0 Å². The standard InChI is InChI=1S/C14H18F3N3O/c1-9-8-20(5-2-6-21-9)10-3-4-11(13(18)19)12(7-10)14(15,16)17/h3-4,7,9H,2,5-6,8H2,1H3,(H3,18,19). The van der Waals surface area contributed by atoms with Crippen molar-refractivity contribution in [2.75, 3.05) is 24.6 Å². The Morgan fingerprint density at radius 3 is 2.76 bits per heavy atom. The number of anilines is 1. The highest BCUT2D eigenvalue weighted by Crippen LogP contribution is 2.34. The molecule has 2 rings (SSSR count). The van der Waals surface area contributed by atoms with Gasteiger partial charge in [0.1, 0.15) is 5.84 Å². The maximum absolute atomic E-state index is 13.1. The van der Waals surface area contributed by atoms with E-state index in [1.54, 1.807) is 6.07 Å². The van der Waals surface area contributed by atoms with Crippen molar-refractivity contribution in [2.24, 2.45) is 5.73 Å². The molecule has 1 saturated heterocycles. The lowest BCUT2D eigenvalue weighted by Crippen LogP contribution is -2.30. The van der Waals surface area contributed by atoms with Gasteiger partial charge >= 0.3 is 6.18 Å². The number of hydrogen-bond donors (Lipinski definition) is 2. The lowest BCUT2D eigenvalue weighted by molar-refractivity contribution is -0.137. The van der Waals surface area contributed by atoms with Gasteiger partial charge in [-0.1, -0.05) is 0 Å². The Kier molecular flexibility index (Phi) is 4.41. The second-order valence-corrected chi connectivity index (χ2v) is 5.12. The first-order valence-electron chi connectivity index (χ1n) is 6.71. The zero-order chi connectivity index (χ0) is 15.6. The molecule has 1 atom stereocenters. The quantitative estimate of drug-likeness (QED) is 0.652. The minimum absolute atomic E-state index is 0.0330. The third-order valence-electron chi connectivity index (χ3n) is 3.42. The molecule has 0 radical (unpaired) electrons. The van der Waals surface area contributed by atoms with Crippen LogP contribution in [0.15, 0.2) is 18.2 Å². The number of halogens is 3. The number of hydrogen-bond acceptors (Lipinski definition) is 3. The van der Waals surface area contributed by atoms with Crippen molar-refractivity contribution < 1.29 is 17.9 Å². The SMILES string of the molecule is CC1CN(c2ccc(C(=N)N)c(C(F)(F)F)c2)CCCO1. The van der Waals surface area contributed by atoms with Crippen LogP contribution >= 0.6 is 0 Å². The van der Waals surface area contributed by atoms with E-state index in [4.69, 9.17) is 15.9 Å². The monoisotopic (exact) mass is 301 g/mol. The molecule has 1 aliphatic rings. The lowest BCUT2D eigenvalue weighted by Gasteiger charge is -2.25. The summed E-state index contributed by atoms with van der Waals surface area (Å²) < 4.78 is 44.8. The molecule has 7 heteroatoms. The number of amidine groups is 1. The van der Waals surface area contributed by atoms with E-state index in [0.29, 0.717) is 25.4 Å². The molecule has 116 valence electrons. The molecule has 0 bridgehead atoms. The van der Waals surface area contributed by atoms with E-state index in [0.717, 1.165) is 12.5 Å². The van der Waals surface area contributed by atoms with Gasteiger partial charge in [0.05, 0.1) is 11.7 Å². The molecule has 0 saturated carbocycles. The van der Waals surface area contributed by atoms with Crippen molar-refractivity contribution in [2.45, 2.75) is 25.6 Å². The fraction of sp³-hybridized carbons (Fsp3) is 0.500. The molecule has 21 heavy (non-hydrogen) atoms. The summed E-state index contributed by atoms with van der Waals surface area (Å²) in [7, 11) is 0. The highest BCUT2D eigenvalue weighted by Gasteiger charge is 2.35. The van der Waals surface area contributed by atoms with Gasteiger partial charge in [0, 0.05) is 30.9 Å². The van der Waals surface area contributed by atoms with Crippen molar-refractivity contribution in [1.29, 1.82) is 5.41 Å². The summed E-state index contributed by atoms with van der Waals surface area (Å²) in [5, 5.41) is 7.28. The summed E-state index contributed by atoms with van der Waals surface area (Å²) in [6, 6.07) is 3.90. The molecule has 0 amide bonds. The molecular formula is C14H18F3N3O. The molecule has 1 aromatic rings. The van der Waals surface area contributed by atoms with Gasteiger partial charge in [-0.05, 0) is 31.5 Å². The smallest absolute Gasteiger partial charge is 0.384 e.